The molecule has 3 N–H and O–H groups in total. The summed E-state index contributed by atoms with van der Waals surface area (Å²) in [5, 5.41) is 16.0. The SMILES string of the molecule is C[C@@H]1CN(c2cc(NC(=O)c3cnc(SNCCO)cc3N3CCC4(CC3)CC4)ccc2N=O)CCO1. The highest BCUT2D eigenvalue weighted by Gasteiger charge is 2.44. The average molecular weight is 527 g/mol. The predicted octanol–water partition coefficient (Wildman–Crippen LogP) is 3.93. The number of nitrogens with one attached hydrogen (secondary N) is 2. The zero-order chi connectivity index (χ0) is 25.8. The van der Waals surface area contributed by atoms with Crippen molar-refractivity contribution in [1.82, 2.24) is 9.71 Å². The lowest BCUT2D eigenvalue weighted by Gasteiger charge is -2.35. The molecule has 2 aliphatic heterocycles. The highest BCUT2D eigenvalue weighted by atomic mass is 32.2. The number of morpholine rings is 1. The van der Waals surface area contributed by atoms with E-state index in [4.69, 9.17) is 9.84 Å². The second kappa shape index (κ2) is 11.3. The molecule has 1 spiro atoms. The number of ether oxygens (including phenoxy) is 1. The van der Waals surface area contributed by atoms with Crippen molar-refractivity contribution in [3.05, 3.63) is 40.9 Å². The van der Waals surface area contributed by atoms with Gasteiger partial charge in [-0.3, -0.25) is 9.52 Å². The molecule has 1 saturated carbocycles. The van der Waals surface area contributed by atoms with E-state index in [0.29, 0.717) is 54.3 Å². The van der Waals surface area contributed by atoms with Crippen LogP contribution in [0.5, 0.6) is 0 Å². The van der Waals surface area contributed by atoms with Gasteiger partial charge in [0.2, 0.25) is 0 Å². The van der Waals surface area contributed by atoms with Gasteiger partial charge >= 0.3 is 0 Å². The van der Waals surface area contributed by atoms with E-state index in [-0.39, 0.29) is 18.6 Å². The van der Waals surface area contributed by atoms with Crippen LogP contribution in [0, 0.1) is 10.3 Å². The second-order valence-electron chi connectivity index (χ2n) is 10.1. The van der Waals surface area contributed by atoms with E-state index in [9.17, 15) is 9.70 Å². The summed E-state index contributed by atoms with van der Waals surface area (Å²) in [4.78, 5) is 33.9. The highest BCUT2D eigenvalue weighted by molar-refractivity contribution is 7.97. The molecule has 0 unspecified atom stereocenters. The number of aromatic nitrogens is 1. The molecule has 1 aliphatic carbocycles. The standard InChI is InChI=1S/C26H34N6O4S/c1-18-17-32(11-13-36-18)23-14-19(2-3-21(23)30-35)29-25(34)20-16-27-24(37-28-8-12-33)15-22(20)31-9-6-26(4-5-26)7-10-31/h2-3,14-16,18,28,33H,4-13,17H2,1H3,(H,29,34)/t18-/m1/s1. The molecule has 1 aromatic heterocycles. The van der Waals surface area contributed by atoms with Crippen molar-refractivity contribution in [1.29, 1.82) is 0 Å². The molecule has 198 valence electrons. The first-order chi connectivity index (χ1) is 18.0. The second-order valence-corrected chi connectivity index (χ2v) is 11.0. The Labute approximate surface area is 221 Å². The summed E-state index contributed by atoms with van der Waals surface area (Å²) in [7, 11) is 0. The Balaban J connectivity index is 1.38. The Kier molecular flexibility index (Phi) is 7.94. The van der Waals surface area contributed by atoms with Crippen molar-refractivity contribution in [3.8, 4) is 0 Å². The van der Waals surface area contributed by atoms with Crippen molar-refractivity contribution >= 4 is 40.6 Å². The first-order valence-corrected chi connectivity index (χ1v) is 13.7. The number of benzene rings is 1. The summed E-state index contributed by atoms with van der Waals surface area (Å²) in [6, 6.07) is 7.11. The van der Waals surface area contributed by atoms with E-state index in [1.54, 1.807) is 24.4 Å². The van der Waals surface area contributed by atoms with E-state index in [1.807, 2.05) is 13.0 Å². The van der Waals surface area contributed by atoms with Gasteiger partial charge in [0.15, 0.2) is 0 Å². The van der Waals surface area contributed by atoms with E-state index in [2.05, 4.69) is 30.0 Å². The molecule has 3 aliphatic rings. The van der Waals surface area contributed by atoms with Crippen LogP contribution in [0.3, 0.4) is 0 Å². The molecule has 37 heavy (non-hydrogen) atoms. The number of carbonyl (C=O) groups is 1. The molecule has 10 nitrogen and oxygen atoms in total. The minimum absolute atomic E-state index is 0.0400. The van der Waals surface area contributed by atoms with Gasteiger partial charge in [-0.2, -0.15) is 0 Å². The fourth-order valence-corrected chi connectivity index (χ4v) is 5.77. The lowest BCUT2D eigenvalue weighted by atomic mass is 9.93. The zero-order valence-corrected chi connectivity index (χ0v) is 21.9. The molecule has 1 aromatic carbocycles. The van der Waals surface area contributed by atoms with Crippen LogP contribution in [0.25, 0.3) is 0 Å². The van der Waals surface area contributed by atoms with Gasteiger partial charge in [-0.05, 0) is 79.4 Å². The predicted molar refractivity (Wildman–Crippen MR) is 146 cm³/mol. The molecule has 0 radical (unpaired) electrons. The maximum absolute atomic E-state index is 13.5. The molecule has 2 saturated heterocycles. The summed E-state index contributed by atoms with van der Waals surface area (Å²) in [5.41, 5.74) is 3.52. The molecule has 3 fully saturated rings. The average Bonchev–Trinajstić information content (AvgIpc) is 3.67. The molecule has 2 aromatic rings. The fraction of sp³-hybridized carbons (Fsp3) is 0.538. The van der Waals surface area contributed by atoms with Gasteiger partial charge in [-0.25, -0.2) is 4.98 Å². The van der Waals surface area contributed by atoms with Crippen LogP contribution in [0.15, 0.2) is 40.7 Å². The van der Waals surface area contributed by atoms with Crippen molar-refractivity contribution in [2.24, 2.45) is 10.6 Å². The van der Waals surface area contributed by atoms with Gasteiger partial charge in [0.25, 0.3) is 5.91 Å². The summed E-state index contributed by atoms with van der Waals surface area (Å²) in [6.07, 6.45) is 6.58. The molecular weight excluding hydrogens is 492 g/mol. The molecule has 3 heterocycles. The molecule has 1 amide bonds. The fourth-order valence-electron chi connectivity index (χ4n) is 5.16. The monoisotopic (exact) mass is 526 g/mol. The number of aliphatic hydroxyl groups excluding tert-OH is 1. The normalized spacial score (nSPS) is 20.6. The number of pyridine rings is 1. The number of rotatable bonds is 9. The van der Waals surface area contributed by atoms with Crippen LogP contribution in [-0.4, -0.2) is 68.0 Å². The van der Waals surface area contributed by atoms with E-state index < -0.39 is 0 Å². The number of hydrogen-bond acceptors (Lipinski definition) is 10. The van der Waals surface area contributed by atoms with Crippen LogP contribution < -0.4 is 19.8 Å². The number of anilines is 3. The molecule has 1 atom stereocenters. The third kappa shape index (κ3) is 6.06. The highest BCUT2D eigenvalue weighted by Crippen LogP contribution is 2.54. The third-order valence-electron chi connectivity index (χ3n) is 7.53. The maximum atomic E-state index is 13.5. The summed E-state index contributed by atoms with van der Waals surface area (Å²) in [6.45, 7) is 6.18. The zero-order valence-electron chi connectivity index (χ0n) is 21.1. The third-order valence-corrected chi connectivity index (χ3v) is 8.31. The minimum Gasteiger partial charge on any atom is -0.395 e. The quantitative estimate of drug-likeness (QED) is 0.254. The Morgan fingerprint density at radius 2 is 2.00 bits per heavy atom. The lowest BCUT2D eigenvalue weighted by molar-refractivity contribution is 0.0532. The first kappa shape index (κ1) is 25.9. The lowest BCUT2D eigenvalue weighted by Crippen LogP contribution is -2.41. The topological polar surface area (TPSA) is 119 Å². The Morgan fingerprint density at radius 1 is 1.19 bits per heavy atom. The number of hydrogen-bond donors (Lipinski definition) is 3. The molecule has 11 heteroatoms. The number of nitroso groups, excluding NO2 is 1. The number of aliphatic hydroxyl groups is 1. The first-order valence-electron chi connectivity index (χ1n) is 12.9. The van der Waals surface area contributed by atoms with Crippen molar-refractivity contribution in [2.75, 3.05) is 61.1 Å². The van der Waals surface area contributed by atoms with Crippen molar-refractivity contribution in [3.63, 3.8) is 0 Å². The number of amides is 1. The maximum Gasteiger partial charge on any atom is 0.259 e. The van der Waals surface area contributed by atoms with Gasteiger partial charge in [-0.15, -0.1) is 4.91 Å². The van der Waals surface area contributed by atoms with E-state index in [1.165, 1.54) is 24.8 Å². The van der Waals surface area contributed by atoms with Crippen LogP contribution >= 0.6 is 11.9 Å². The van der Waals surface area contributed by atoms with Crippen LogP contribution in [0.2, 0.25) is 0 Å². The Morgan fingerprint density at radius 3 is 2.70 bits per heavy atom. The molecule has 5 rings (SSSR count). The van der Waals surface area contributed by atoms with E-state index >= 15 is 0 Å². The van der Waals surface area contributed by atoms with Crippen LogP contribution in [-0.2, 0) is 4.74 Å². The van der Waals surface area contributed by atoms with Gasteiger partial charge in [0.1, 0.15) is 10.7 Å². The molecule has 0 bridgehead atoms. The Bertz CT molecular complexity index is 1130. The van der Waals surface area contributed by atoms with E-state index in [0.717, 1.165) is 36.6 Å². The number of piperidine rings is 1. The number of carbonyl (C=O) groups excluding carboxylic acids is 1. The summed E-state index contributed by atoms with van der Waals surface area (Å²) in [5.74, 6) is -0.248. The Hall–Kier alpha value is -2.73. The van der Waals surface area contributed by atoms with Gasteiger partial charge in [-0.1, -0.05) is 0 Å². The van der Waals surface area contributed by atoms with Gasteiger partial charge < -0.3 is 25.0 Å². The van der Waals surface area contributed by atoms with Crippen LogP contribution in [0.4, 0.5) is 22.7 Å². The van der Waals surface area contributed by atoms with Gasteiger partial charge in [0, 0.05) is 44.6 Å². The molecular formula is C26H34N6O4S. The van der Waals surface area contributed by atoms with Gasteiger partial charge in [0.05, 0.1) is 36.3 Å². The number of nitrogens with zero attached hydrogens (tertiary/aromatic N) is 4. The summed E-state index contributed by atoms with van der Waals surface area (Å²) < 4.78 is 8.71. The summed E-state index contributed by atoms with van der Waals surface area (Å²) >= 11 is 1.35. The minimum atomic E-state index is -0.248. The largest absolute Gasteiger partial charge is 0.395 e. The van der Waals surface area contributed by atoms with Crippen molar-refractivity contribution < 1.29 is 14.6 Å². The van der Waals surface area contributed by atoms with Crippen molar-refractivity contribution in [2.45, 2.75) is 43.7 Å². The van der Waals surface area contributed by atoms with Crippen LogP contribution in [0.1, 0.15) is 43.0 Å². The smallest absolute Gasteiger partial charge is 0.259 e.